The predicted octanol–water partition coefficient (Wildman–Crippen LogP) is 6.92. The summed E-state index contributed by atoms with van der Waals surface area (Å²) < 4.78 is 24.3. The van der Waals surface area contributed by atoms with Gasteiger partial charge in [-0.2, -0.15) is 0 Å². The van der Waals surface area contributed by atoms with E-state index in [-0.39, 0.29) is 12.0 Å². The van der Waals surface area contributed by atoms with Gasteiger partial charge in [0.2, 0.25) is 0 Å². The number of carbonyl (C=O) groups is 3. The average molecular weight is 528 g/mol. The van der Waals surface area contributed by atoms with Gasteiger partial charge < -0.3 is 9.47 Å². The second-order valence-electron chi connectivity index (χ2n) is 10.2. The SMILES string of the molecule is C=C(C(=O)OC)[C@H](C/C(=C1\C(=O)N(C(=O)OC(C)(C)C)c2ccccc21)c1ccccc1)c1ccc(F)cc1. The third kappa shape index (κ3) is 5.82. The van der Waals surface area contributed by atoms with Crippen molar-refractivity contribution in [3.05, 3.63) is 114 Å². The van der Waals surface area contributed by atoms with Gasteiger partial charge in [-0.25, -0.2) is 18.9 Å². The molecule has 0 unspecified atom stereocenters. The molecule has 1 aliphatic heterocycles. The van der Waals surface area contributed by atoms with Crippen LogP contribution in [0.25, 0.3) is 11.1 Å². The number of fused-ring (bicyclic) bond motifs is 1. The van der Waals surface area contributed by atoms with Gasteiger partial charge in [0.05, 0.1) is 18.4 Å². The molecule has 3 aromatic rings. The molecule has 0 bridgehead atoms. The van der Waals surface area contributed by atoms with Crippen LogP contribution in [0.4, 0.5) is 14.9 Å². The van der Waals surface area contributed by atoms with Crippen molar-refractivity contribution in [2.45, 2.75) is 38.7 Å². The number of ether oxygens (including phenoxy) is 2. The molecule has 1 heterocycles. The molecule has 1 aliphatic rings. The summed E-state index contributed by atoms with van der Waals surface area (Å²) in [6, 6.07) is 22.0. The Hall–Kier alpha value is -4.52. The monoisotopic (exact) mass is 527 g/mol. The number of halogens is 1. The van der Waals surface area contributed by atoms with E-state index in [1.54, 1.807) is 57.2 Å². The van der Waals surface area contributed by atoms with E-state index < -0.39 is 35.3 Å². The first-order valence-electron chi connectivity index (χ1n) is 12.5. The standard InChI is InChI=1S/C32H30FNO5/c1-20(30(36)38-5)25(22-15-17-23(33)18-16-22)19-26(21-11-7-6-8-12-21)28-24-13-9-10-14-27(24)34(29(28)35)31(37)39-32(2,3)4/h6-18,25H,1,19H2,2-5H3/b28-26+/t25-/m0/s1. The van der Waals surface area contributed by atoms with Crippen LogP contribution in [0.3, 0.4) is 0 Å². The van der Waals surface area contributed by atoms with E-state index in [4.69, 9.17) is 9.47 Å². The number of imide groups is 1. The number of nitrogens with zero attached hydrogens (tertiary/aromatic N) is 1. The molecular formula is C32H30FNO5. The molecule has 0 N–H and O–H groups in total. The number of hydrogen-bond acceptors (Lipinski definition) is 5. The smallest absolute Gasteiger partial charge is 0.422 e. The van der Waals surface area contributed by atoms with Crippen LogP contribution in [0.2, 0.25) is 0 Å². The first-order chi connectivity index (χ1) is 18.5. The zero-order valence-corrected chi connectivity index (χ0v) is 22.4. The summed E-state index contributed by atoms with van der Waals surface area (Å²) in [5.41, 5.74) is 2.58. The fourth-order valence-electron chi connectivity index (χ4n) is 4.62. The summed E-state index contributed by atoms with van der Waals surface area (Å²) in [6.45, 7) is 9.18. The molecule has 0 saturated carbocycles. The Bertz CT molecular complexity index is 1450. The summed E-state index contributed by atoms with van der Waals surface area (Å²) in [7, 11) is 1.27. The maximum absolute atomic E-state index is 14.0. The molecule has 0 fully saturated rings. The van der Waals surface area contributed by atoms with Crippen molar-refractivity contribution in [3.8, 4) is 0 Å². The molecule has 2 amide bonds. The largest absolute Gasteiger partial charge is 0.466 e. The lowest BCUT2D eigenvalue weighted by atomic mass is 9.81. The fourth-order valence-corrected chi connectivity index (χ4v) is 4.62. The highest BCUT2D eigenvalue weighted by Crippen LogP contribution is 2.45. The zero-order chi connectivity index (χ0) is 28.3. The van der Waals surface area contributed by atoms with Crippen molar-refractivity contribution < 1.29 is 28.2 Å². The van der Waals surface area contributed by atoms with Crippen molar-refractivity contribution in [2.75, 3.05) is 12.0 Å². The van der Waals surface area contributed by atoms with Gasteiger partial charge in [0.25, 0.3) is 5.91 Å². The van der Waals surface area contributed by atoms with Gasteiger partial charge in [-0.15, -0.1) is 0 Å². The van der Waals surface area contributed by atoms with Crippen molar-refractivity contribution in [3.63, 3.8) is 0 Å². The number of allylic oxidation sites excluding steroid dienone is 1. The van der Waals surface area contributed by atoms with Gasteiger partial charge in [0.15, 0.2) is 0 Å². The quantitative estimate of drug-likeness (QED) is 0.257. The van der Waals surface area contributed by atoms with E-state index in [0.717, 1.165) is 10.5 Å². The average Bonchev–Trinajstić information content (AvgIpc) is 3.20. The Balaban J connectivity index is 1.93. The number of amides is 2. The third-order valence-corrected chi connectivity index (χ3v) is 6.38. The highest BCUT2D eigenvalue weighted by Gasteiger charge is 2.41. The van der Waals surface area contributed by atoms with E-state index >= 15 is 0 Å². The van der Waals surface area contributed by atoms with E-state index in [1.165, 1.54) is 19.2 Å². The Kier molecular flexibility index (Phi) is 7.81. The van der Waals surface area contributed by atoms with Gasteiger partial charge in [0.1, 0.15) is 11.4 Å². The highest BCUT2D eigenvalue weighted by molar-refractivity contribution is 6.43. The Labute approximate surface area is 227 Å². The summed E-state index contributed by atoms with van der Waals surface area (Å²) in [5.74, 6) is -2.21. The first kappa shape index (κ1) is 27.5. The minimum absolute atomic E-state index is 0.154. The van der Waals surface area contributed by atoms with Gasteiger partial charge in [-0.05, 0) is 62.1 Å². The van der Waals surface area contributed by atoms with Crippen molar-refractivity contribution in [1.82, 2.24) is 0 Å². The molecule has 4 rings (SSSR count). The van der Waals surface area contributed by atoms with Crippen molar-refractivity contribution in [2.24, 2.45) is 0 Å². The van der Waals surface area contributed by atoms with Gasteiger partial charge in [-0.3, -0.25) is 4.79 Å². The molecule has 0 aliphatic carbocycles. The Morgan fingerprint density at radius 2 is 1.56 bits per heavy atom. The van der Waals surface area contributed by atoms with Crippen LogP contribution in [0.5, 0.6) is 0 Å². The number of para-hydroxylation sites is 1. The highest BCUT2D eigenvalue weighted by atomic mass is 19.1. The van der Waals surface area contributed by atoms with E-state index in [9.17, 15) is 18.8 Å². The fraction of sp³-hybridized carbons (Fsp3) is 0.219. The summed E-state index contributed by atoms with van der Waals surface area (Å²) in [6.07, 6.45) is -0.627. The third-order valence-electron chi connectivity index (χ3n) is 6.38. The van der Waals surface area contributed by atoms with Crippen LogP contribution < -0.4 is 4.90 Å². The number of rotatable bonds is 6. The Morgan fingerprint density at radius 1 is 0.949 bits per heavy atom. The zero-order valence-electron chi connectivity index (χ0n) is 22.4. The summed E-state index contributed by atoms with van der Waals surface area (Å²) >= 11 is 0. The molecule has 200 valence electrons. The number of hydrogen-bond donors (Lipinski definition) is 0. The van der Waals surface area contributed by atoms with Crippen LogP contribution in [0.15, 0.2) is 91.0 Å². The molecular weight excluding hydrogens is 497 g/mol. The van der Waals surface area contributed by atoms with Crippen LogP contribution >= 0.6 is 0 Å². The molecule has 0 aromatic heterocycles. The Morgan fingerprint density at radius 3 is 2.18 bits per heavy atom. The first-order valence-corrected chi connectivity index (χ1v) is 12.5. The number of esters is 1. The minimum Gasteiger partial charge on any atom is -0.466 e. The molecule has 0 radical (unpaired) electrons. The second-order valence-corrected chi connectivity index (χ2v) is 10.2. The minimum atomic E-state index is -0.813. The predicted molar refractivity (Wildman–Crippen MR) is 148 cm³/mol. The molecule has 3 aromatic carbocycles. The van der Waals surface area contributed by atoms with Gasteiger partial charge in [0, 0.05) is 17.1 Å². The van der Waals surface area contributed by atoms with Crippen LogP contribution in [-0.4, -0.2) is 30.7 Å². The number of methoxy groups -OCH3 is 1. The topological polar surface area (TPSA) is 72.9 Å². The molecule has 39 heavy (non-hydrogen) atoms. The van der Waals surface area contributed by atoms with Crippen LogP contribution in [0.1, 0.15) is 49.8 Å². The lowest BCUT2D eigenvalue weighted by molar-refractivity contribution is -0.136. The second kappa shape index (κ2) is 11.1. The van der Waals surface area contributed by atoms with Gasteiger partial charge >= 0.3 is 12.1 Å². The lowest BCUT2D eigenvalue weighted by Gasteiger charge is -2.24. The van der Waals surface area contributed by atoms with E-state index in [1.807, 2.05) is 30.3 Å². The summed E-state index contributed by atoms with van der Waals surface area (Å²) in [5, 5.41) is 0. The van der Waals surface area contributed by atoms with Gasteiger partial charge in [-0.1, -0.05) is 67.2 Å². The molecule has 6 nitrogen and oxygen atoms in total. The normalized spacial score (nSPS) is 14.9. The summed E-state index contributed by atoms with van der Waals surface area (Å²) in [4.78, 5) is 40.9. The van der Waals surface area contributed by atoms with Crippen LogP contribution in [0, 0.1) is 5.82 Å². The number of carbonyl (C=O) groups excluding carboxylic acids is 3. The molecule has 0 saturated heterocycles. The number of anilines is 1. The maximum atomic E-state index is 14.0. The van der Waals surface area contributed by atoms with E-state index in [2.05, 4.69) is 6.58 Å². The van der Waals surface area contributed by atoms with Crippen molar-refractivity contribution >= 4 is 34.8 Å². The van der Waals surface area contributed by atoms with E-state index in [0.29, 0.717) is 28.0 Å². The molecule has 7 heteroatoms. The number of benzene rings is 3. The molecule has 1 atom stereocenters. The van der Waals surface area contributed by atoms with Crippen LogP contribution in [-0.2, 0) is 19.1 Å². The maximum Gasteiger partial charge on any atom is 0.422 e. The van der Waals surface area contributed by atoms with Crippen molar-refractivity contribution in [1.29, 1.82) is 0 Å². The molecule has 0 spiro atoms. The lowest BCUT2D eigenvalue weighted by Crippen LogP contribution is -2.38.